The Bertz CT molecular complexity index is 892. The highest BCUT2D eigenvalue weighted by atomic mass is 16.5. The van der Waals surface area contributed by atoms with E-state index in [1.54, 1.807) is 14.2 Å². The zero-order valence-electron chi connectivity index (χ0n) is 16.3. The molecule has 0 saturated carbocycles. The molecule has 3 heteroatoms. The number of aliphatic imine (C=N–C) groups is 1. The van der Waals surface area contributed by atoms with Gasteiger partial charge in [0.1, 0.15) is 0 Å². The van der Waals surface area contributed by atoms with Crippen molar-refractivity contribution in [3.05, 3.63) is 108 Å². The van der Waals surface area contributed by atoms with Gasteiger partial charge in [0.25, 0.3) is 0 Å². The van der Waals surface area contributed by atoms with Crippen molar-refractivity contribution in [3.8, 4) is 11.5 Å². The van der Waals surface area contributed by atoms with Gasteiger partial charge in [0.2, 0.25) is 0 Å². The first-order valence-corrected chi connectivity index (χ1v) is 9.28. The summed E-state index contributed by atoms with van der Waals surface area (Å²) in [5.74, 6) is 1.41. The van der Waals surface area contributed by atoms with Crippen LogP contribution in [0, 0.1) is 0 Å². The zero-order chi connectivity index (χ0) is 19.8. The molecular weight excluding hydrogens is 346 g/mol. The molecule has 0 aliphatic carbocycles. The van der Waals surface area contributed by atoms with Crippen LogP contribution in [-0.4, -0.2) is 19.9 Å². The fraction of sp³-hybridized carbons (Fsp3) is 0.160. The van der Waals surface area contributed by atoms with Crippen LogP contribution in [0.3, 0.4) is 0 Å². The minimum atomic E-state index is -0.0762. The molecule has 0 aromatic heterocycles. The van der Waals surface area contributed by atoms with E-state index in [9.17, 15) is 0 Å². The molecule has 3 nitrogen and oxygen atoms in total. The van der Waals surface area contributed by atoms with Gasteiger partial charge in [0, 0.05) is 11.1 Å². The van der Waals surface area contributed by atoms with Crippen LogP contribution in [0.5, 0.6) is 11.5 Å². The summed E-state index contributed by atoms with van der Waals surface area (Å²) in [6.45, 7) is 3.93. The standard InChI is InChI=1S/C25H25NO2/c1-4-11-22(21-16-17-23(27-2)24(18-21)28-3)26-25(19-12-7-5-8-13-19)20-14-9-6-10-15-20/h4-10,12-18,22H,1,11H2,2-3H3/t22-/m0/s1. The van der Waals surface area contributed by atoms with Crippen molar-refractivity contribution in [2.24, 2.45) is 4.99 Å². The maximum absolute atomic E-state index is 5.48. The van der Waals surface area contributed by atoms with Crippen molar-refractivity contribution in [3.63, 3.8) is 0 Å². The highest BCUT2D eigenvalue weighted by Gasteiger charge is 2.15. The van der Waals surface area contributed by atoms with Gasteiger partial charge in [-0.05, 0) is 24.1 Å². The lowest BCUT2D eigenvalue weighted by molar-refractivity contribution is 0.354. The van der Waals surface area contributed by atoms with Crippen molar-refractivity contribution in [1.82, 2.24) is 0 Å². The van der Waals surface area contributed by atoms with Crippen LogP contribution in [-0.2, 0) is 0 Å². The SMILES string of the molecule is C=CC[C@H](N=C(c1ccccc1)c1ccccc1)c1ccc(OC)c(OC)c1. The Morgan fingerprint density at radius 1 is 0.857 bits per heavy atom. The van der Waals surface area contributed by atoms with E-state index in [-0.39, 0.29) is 6.04 Å². The molecule has 0 amide bonds. The van der Waals surface area contributed by atoms with E-state index in [2.05, 4.69) is 30.8 Å². The number of methoxy groups -OCH3 is 2. The number of ether oxygens (including phenoxy) is 2. The van der Waals surface area contributed by atoms with Crippen molar-refractivity contribution in [1.29, 1.82) is 0 Å². The molecule has 0 fully saturated rings. The Balaban J connectivity index is 2.10. The lowest BCUT2D eigenvalue weighted by Gasteiger charge is -2.17. The fourth-order valence-corrected chi connectivity index (χ4v) is 3.14. The van der Waals surface area contributed by atoms with E-state index in [0.29, 0.717) is 11.5 Å². The number of hydrogen-bond acceptors (Lipinski definition) is 3. The van der Waals surface area contributed by atoms with E-state index in [4.69, 9.17) is 14.5 Å². The van der Waals surface area contributed by atoms with Crippen molar-refractivity contribution < 1.29 is 9.47 Å². The molecule has 0 heterocycles. The molecule has 3 rings (SSSR count). The maximum Gasteiger partial charge on any atom is 0.161 e. The van der Waals surface area contributed by atoms with Gasteiger partial charge in [-0.3, -0.25) is 4.99 Å². The Kier molecular flexibility index (Phi) is 6.64. The molecule has 0 aliphatic heterocycles. The number of benzene rings is 3. The second-order valence-corrected chi connectivity index (χ2v) is 6.36. The van der Waals surface area contributed by atoms with Crippen molar-refractivity contribution in [2.45, 2.75) is 12.5 Å². The first-order valence-electron chi connectivity index (χ1n) is 9.28. The van der Waals surface area contributed by atoms with Crippen LogP contribution in [0.15, 0.2) is 96.5 Å². The summed E-state index contributed by atoms with van der Waals surface area (Å²) in [6.07, 6.45) is 2.62. The summed E-state index contributed by atoms with van der Waals surface area (Å²) in [5.41, 5.74) is 4.19. The van der Waals surface area contributed by atoms with Gasteiger partial charge in [-0.2, -0.15) is 0 Å². The van der Waals surface area contributed by atoms with Gasteiger partial charge in [-0.25, -0.2) is 0 Å². The molecule has 3 aromatic carbocycles. The molecule has 0 bridgehead atoms. The van der Waals surface area contributed by atoms with Crippen molar-refractivity contribution in [2.75, 3.05) is 14.2 Å². The summed E-state index contributed by atoms with van der Waals surface area (Å²) < 4.78 is 10.8. The Hall–Kier alpha value is -3.33. The first-order chi connectivity index (χ1) is 13.8. The van der Waals surface area contributed by atoms with E-state index in [1.165, 1.54) is 0 Å². The lowest BCUT2D eigenvalue weighted by Crippen LogP contribution is -2.07. The third kappa shape index (κ3) is 4.49. The fourth-order valence-electron chi connectivity index (χ4n) is 3.14. The van der Waals surface area contributed by atoms with Gasteiger partial charge in [0.05, 0.1) is 26.0 Å². The summed E-state index contributed by atoms with van der Waals surface area (Å²) in [6, 6.07) is 26.4. The molecule has 28 heavy (non-hydrogen) atoms. The third-order valence-corrected chi connectivity index (χ3v) is 4.56. The minimum Gasteiger partial charge on any atom is -0.493 e. The average Bonchev–Trinajstić information content (AvgIpc) is 2.77. The van der Waals surface area contributed by atoms with Crippen LogP contribution in [0.25, 0.3) is 0 Å². The molecule has 1 atom stereocenters. The topological polar surface area (TPSA) is 30.8 Å². The number of hydrogen-bond donors (Lipinski definition) is 0. The molecule has 3 aromatic rings. The summed E-state index contributed by atoms with van der Waals surface area (Å²) in [7, 11) is 3.28. The predicted octanol–water partition coefficient (Wildman–Crippen LogP) is 5.86. The first kappa shape index (κ1) is 19.4. The van der Waals surface area contributed by atoms with Crippen LogP contribution in [0.1, 0.15) is 29.2 Å². The molecule has 0 aliphatic rings. The quantitative estimate of drug-likeness (QED) is 0.367. The van der Waals surface area contributed by atoms with Gasteiger partial charge in [-0.15, -0.1) is 6.58 Å². The summed E-state index contributed by atoms with van der Waals surface area (Å²) >= 11 is 0. The summed E-state index contributed by atoms with van der Waals surface area (Å²) in [5, 5.41) is 0. The highest BCUT2D eigenvalue weighted by molar-refractivity contribution is 6.13. The van der Waals surface area contributed by atoms with Gasteiger partial charge in [0.15, 0.2) is 11.5 Å². The third-order valence-electron chi connectivity index (χ3n) is 4.56. The van der Waals surface area contributed by atoms with E-state index in [1.807, 2.05) is 60.7 Å². The van der Waals surface area contributed by atoms with Crippen molar-refractivity contribution >= 4 is 5.71 Å². The lowest BCUT2D eigenvalue weighted by atomic mass is 9.99. The second-order valence-electron chi connectivity index (χ2n) is 6.36. The van der Waals surface area contributed by atoms with Crippen LogP contribution < -0.4 is 9.47 Å². The molecule has 0 unspecified atom stereocenters. The minimum absolute atomic E-state index is 0.0762. The van der Waals surface area contributed by atoms with E-state index >= 15 is 0 Å². The molecular formula is C25H25NO2. The number of nitrogens with zero attached hydrogens (tertiary/aromatic N) is 1. The number of rotatable bonds is 8. The largest absolute Gasteiger partial charge is 0.493 e. The molecule has 0 spiro atoms. The monoisotopic (exact) mass is 371 g/mol. The summed E-state index contributed by atoms with van der Waals surface area (Å²) in [4.78, 5) is 5.16. The average molecular weight is 371 g/mol. The highest BCUT2D eigenvalue weighted by Crippen LogP contribution is 2.33. The van der Waals surface area contributed by atoms with Gasteiger partial charge < -0.3 is 9.47 Å². The predicted molar refractivity (Wildman–Crippen MR) is 116 cm³/mol. The maximum atomic E-state index is 5.48. The Morgan fingerprint density at radius 2 is 1.43 bits per heavy atom. The molecule has 142 valence electrons. The Morgan fingerprint density at radius 3 is 1.93 bits per heavy atom. The normalized spacial score (nSPS) is 11.4. The van der Waals surface area contributed by atoms with Crippen LogP contribution in [0.4, 0.5) is 0 Å². The van der Waals surface area contributed by atoms with E-state index < -0.39 is 0 Å². The molecule has 0 radical (unpaired) electrons. The van der Waals surface area contributed by atoms with Crippen LogP contribution >= 0.6 is 0 Å². The smallest absolute Gasteiger partial charge is 0.161 e. The molecule has 0 saturated heterocycles. The van der Waals surface area contributed by atoms with Gasteiger partial charge >= 0.3 is 0 Å². The zero-order valence-corrected chi connectivity index (χ0v) is 16.3. The van der Waals surface area contributed by atoms with Crippen LogP contribution in [0.2, 0.25) is 0 Å². The van der Waals surface area contributed by atoms with E-state index in [0.717, 1.165) is 28.8 Å². The van der Waals surface area contributed by atoms with Gasteiger partial charge in [-0.1, -0.05) is 72.8 Å². The Labute approximate surface area is 167 Å². The second kappa shape index (κ2) is 9.56. The molecule has 0 N–H and O–H groups in total.